The zero-order chi connectivity index (χ0) is 15.0. The third-order valence-corrected chi connectivity index (χ3v) is 4.39. The summed E-state index contributed by atoms with van der Waals surface area (Å²) in [5.74, 6) is -0.440. The number of carbonyl (C=O) groups excluding carboxylic acids is 1. The molecule has 0 unspecified atom stereocenters. The monoisotopic (exact) mass is 307 g/mol. The lowest BCUT2D eigenvalue weighted by Crippen LogP contribution is -2.09. The van der Waals surface area contributed by atoms with Crippen molar-refractivity contribution < 1.29 is 9.53 Å². The summed E-state index contributed by atoms with van der Waals surface area (Å²) >= 11 is 6.40. The van der Waals surface area contributed by atoms with Gasteiger partial charge in [0.1, 0.15) is 0 Å². The van der Waals surface area contributed by atoms with Crippen molar-refractivity contribution in [1.29, 1.82) is 0 Å². The number of esters is 1. The van der Waals surface area contributed by atoms with Gasteiger partial charge in [-0.05, 0) is 26.7 Å². The molecule has 112 valence electrons. The highest BCUT2D eigenvalue weighted by Gasteiger charge is 2.24. The van der Waals surface area contributed by atoms with Gasteiger partial charge in [0.15, 0.2) is 5.65 Å². The summed E-state index contributed by atoms with van der Waals surface area (Å²) in [4.78, 5) is 16.3. The molecule has 1 aliphatic carbocycles. The fourth-order valence-electron chi connectivity index (χ4n) is 2.99. The number of ether oxygens (including phenoxy) is 1. The molecule has 1 saturated carbocycles. The first kappa shape index (κ1) is 14.3. The number of fused-ring (bicyclic) bond motifs is 1. The Bertz CT molecular complexity index is 690. The van der Waals surface area contributed by atoms with Gasteiger partial charge in [-0.3, -0.25) is 0 Å². The van der Waals surface area contributed by atoms with Crippen LogP contribution in [-0.2, 0) is 4.74 Å². The molecule has 2 heterocycles. The van der Waals surface area contributed by atoms with E-state index in [1.54, 1.807) is 6.92 Å². The number of hydrogen-bond donors (Lipinski definition) is 0. The number of halogens is 1. The zero-order valence-corrected chi connectivity index (χ0v) is 13.0. The molecule has 0 N–H and O–H groups in total. The van der Waals surface area contributed by atoms with Gasteiger partial charge in [0.05, 0.1) is 34.3 Å². The van der Waals surface area contributed by atoms with Gasteiger partial charge < -0.3 is 4.74 Å². The van der Waals surface area contributed by atoms with Crippen LogP contribution in [0, 0.1) is 6.92 Å². The van der Waals surface area contributed by atoms with Gasteiger partial charge in [-0.25, -0.2) is 14.5 Å². The highest BCUT2D eigenvalue weighted by atomic mass is 35.5. The van der Waals surface area contributed by atoms with Crippen molar-refractivity contribution in [2.24, 2.45) is 0 Å². The Balaban J connectivity index is 2.11. The summed E-state index contributed by atoms with van der Waals surface area (Å²) in [5.41, 5.74) is 1.87. The molecule has 2 aromatic heterocycles. The molecule has 0 bridgehead atoms. The summed E-state index contributed by atoms with van der Waals surface area (Å²) < 4.78 is 6.98. The number of carbonyl (C=O) groups is 1. The van der Waals surface area contributed by atoms with E-state index in [2.05, 4.69) is 10.1 Å². The minimum Gasteiger partial charge on any atom is -0.462 e. The van der Waals surface area contributed by atoms with E-state index in [-0.39, 0.29) is 0 Å². The van der Waals surface area contributed by atoms with Crippen LogP contribution in [0.3, 0.4) is 0 Å². The van der Waals surface area contributed by atoms with Crippen LogP contribution in [0.1, 0.15) is 54.7 Å². The minimum absolute atomic E-state index is 0.306. The molecule has 0 amide bonds. The van der Waals surface area contributed by atoms with E-state index in [1.807, 2.05) is 11.6 Å². The quantitative estimate of drug-likeness (QED) is 0.812. The Morgan fingerprint density at radius 3 is 2.86 bits per heavy atom. The van der Waals surface area contributed by atoms with Gasteiger partial charge in [0.2, 0.25) is 0 Å². The molecule has 0 atom stereocenters. The number of aryl methyl sites for hydroxylation is 1. The molecule has 0 aliphatic heterocycles. The first-order valence-electron chi connectivity index (χ1n) is 7.34. The highest BCUT2D eigenvalue weighted by molar-refractivity contribution is 6.38. The average Bonchev–Trinajstić information content (AvgIpc) is 3.07. The number of aromatic nitrogens is 3. The summed E-state index contributed by atoms with van der Waals surface area (Å²) in [6, 6.07) is 0.387. The first-order chi connectivity index (χ1) is 10.1. The van der Waals surface area contributed by atoms with Crippen molar-refractivity contribution in [3.05, 3.63) is 22.5 Å². The maximum Gasteiger partial charge on any atom is 0.341 e. The largest absolute Gasteiger partial charge is 0.462 e. The van der Waals surface area contributed by atoms with E-state index in [4.69, 9.17) is 16.3 Å². The second-order valence-corrected chi connectivity index (χ2v) is 5.75. The fourth-order valence-corrected chi connectivity index (χ4v) is 3.33. The van der Waals surface area contributed by atoms with Crippen LogP contribution in [0.2, 0.25) is 5.02 Å². The average molecular weight is 308 g/mol. The molecular formula is C15H18ClN3O2. The van der Waals surface area contributed by atoms with Crippen LogP contribution in [0.5, 0.6) is 0 Å². The normalized spacial score (nSPS) is 15.8. The van der Waals surface area contributed by atoms with E-state index < -0.39 is 5.97 Å². The van der Waals surface area contributed by atoms with Crippen LogP contribution in [0.25, 0.3) is 11.0 Å². The number of pyridine rings is 1. The van der Waals surface area contributed by atoms with Gasteiger partial charge in [-0.15, -0.1) is 0 Å². The Morgan fingerprint density at radius 2 is 2.19 bits per heavy atom. The van der Waals surface area contributed by atoms with Crippen molar-refractivity contribution in [3.63, 3.8) is 0 Å². The van der Waals surface area contributed by atoms with Gasteiger partial charge in [0.25, 0.3) is 0 Å². The molecule has 5 nitrogen and oxygen atoms in total. The van der Waals surface area contributed by atoms with E-state index in [0.29, 0.717) is 23.2 Å². The standard InChI is InChI=1S/C15H18ClN3O2/c1-3-21-15(20)11-8-17-14-12(13(11)16)9(2)18-19(14)10-6-4-5-7-10/h8,10H,3-7H2,1-2H3. The van der Waals surface area contributed by atoms with Crippen molar-refractivity contribution in [1.82, 2.24) is 14.8 Å². The second-order valence-electron chi connectivity index (χ2n) is 5.37. The fraction of sp³-hybridized carbons (Fsp3) is 0.533. The first-order valence-corrected chi connectivity index (χ1v) is 7.71. The molecule has 21 heavy (non-hydrogen) atoms. The summed E-state index contributed by atoms with van der Waals surface area (Å²) in [6.45, 7) is 3.98. The van der Waals surface area contributed by atoms with E-state index in [1.165, 1.54) is 19.0 Å². The molecule has 1 aliphatic rings. The zero-order valence-electron chi connectivity index (χ0n) is 12.2. The third kappa shape index (κ3) is 2.39. The molecule has 0 radical (unpaired) electrons. The molecule has 0 saturated heterocycles. The summed E-state index contributed by atoms with van der Waals surface area (Å²) in [7, 11) is 0. The Labute approximate surface area is 128 Å². The molecule has 0 aromatic carbocycles. The van der Waals surface area contributed by atoms with Crippen LogP contribution >= 0.6 is 11.6 Å². The van der Waals surface area contributed by atoms with Crippen LogP contribution < -0.4 is 0 Å². The maximum absolute atomic E-state index is 11.9. The van der Waals surface area contributed by atoms with E-state index in [0.717, 1.165) is 29.6 Å². The second kappa shape index (κ2) is 5.64. The lowest BCUT2D eigenvalue weighted by Gasteiger charge is -2.11. The topological polar surface area (TPSA) is 57.0 Å². The van der Waals surface area contributed by atoms with Crippen molar-refractivity contribution in [3.8, 4) is 0 Å². The van der Waals surface area contributed by atoms with Crippen LogP contribution in [-0.4, -0.2) is 27.3 Å². The maximum atomic E-state index is 11.9. The van der Waals surface area contributed by atoms with Gasteiger partial charge in [-0.2, -0.15) is 5.10 Å². The van der Waals surface area contributed by atoms with Crippen molar-refractivity contribution >= 4 is 28.6 Å². The molecule has 0 spiro atoms. The number of rotatable bonds is 3. The predicted molar refractivity (Wildman–Crippen MR) is 80.7 cm³/mol. The lowest BCUT2D eigenvalue weighted by atomic mass is 10.2. The Morgan fingerprint density at radius 1 is 1.48 bits per heavy atom. The summed E-state index contributed by atoms with van der Waals surface area (Å²) in [5, 5.41) is 5.74. The van der Waals surface area contributed by atoms with E-state index >= 15 is 0 Å². The van der Waals surface area contributed by atoms with Crippen molar-refractivity contribution in [2.75, 3.05) is 6.61 Å². The van der Waals surface area contributed by atoms with Crippen molar-refractivity contribution in [2.45, 2.75) is 45.6 Å². The molecule has 1 fully saturated rings. The molecule has 3 rings (SSSR count). The number of nitrogens with zero attached hydrogens (tertiary/aromatic N) is 3. The minimum atomic E-state index is -0.440. The van der Waals surface area contributed by atoms with Gasteiger partial charge in [0, 0.05) is 6.20 Å². The smallest absolute Gasteiger partial charge is 0.341 e. The molecule has 2 aromatic rings. The van der Waals surface area contributed by atoms with Crippen LogP contribution in [0.15, 0.2) is 6.20 Å². The lowest BCUT2D eigenvalue weighted by molar-refractivity contribution is 0.0526. The van der Waals surface area contributed by atoms with Crippen LogP contribution in [0.4, 0.5) is 0 Å². The molecule has 6 heteroatoms. The number of hydrogen-bond acceptors (Lipinski definition) is 4. The Hall–Kier alpha value is -1.62. The van der Waals surface area contributed by atoms with E-state index in [9.17, 15) is 4.79 Å². The predicted octanol–water partition coefficient (Wildman–Crippen LogP) is 3.68. The highest BCUT2D eigenvalue weighted by Crippen LogP contribution is 2.35. The van der Waals surface area contributed by atoms with Gasteiger partial charge in [-0.1, -0.05) is 24.4 Å². The Kier molecular flexibility index (Phi) is 3.85. The summed E-state index contributed by atoms with van der Waals surface area (Å²) in [6.07, 6.45) is 6.18. The SMILES string of the molecule is CCOC(=O)c1cnc2c(c(C)nn2C2CCCC2)c1Cl. The molecular weight excluding hydrogens is 290 g/mol. The van der Waals surface area contributed by atoms with Gasteiger partial charge >= 0.3 is 5.97 Å². The third-order valence-electron chi connectivity index (χ3n) is 4.00.